The van der Waals surface area contributed by atoms with Crippen molar-refractivity contribution in [3.8, 4) is 0 Å². The summed E-state index contributed by atoms with van der Waals surface area (Å²) >= 11 is 0. The van der Waals surface area contributed by atoms with Crippen LogP contribution in [0.5, 0.6) is 0 Å². The van der Waals surface area contributed by atoms with Gasteiger partial charge in [-0.15, -0.1) is 0 Å². The lowest BCUT2D eigenvalue weighted by Gasteiger charge is -2.13. The highest BCUT2D eigenvalue weighted by molar-refractivity contribution is 6.06. The van der Waals surface area contributed by atoms with E-state index < -0.39 is 24.5 Å². The van der Waals surface area contributed by atoms with E-state index in [9.17, 15) is 27.6 Å². The molecule has 0 bridgehead atoms. The van der Waals surface area contributed by atoms with E-state index in [1.54, 1.807) is 53.7 Å². The number of imidazole rings is 1. The van der Waals surface area contributed by atoms with Gasteiger partial charge in [0, 0.05) is 47.9 Å². The number of anilines is 2. The monoisotopic (exact) mass is 473 g/mol. The van der Waals surface area contributed by atoms with E-state index >= 15 is 0 Å². The van der Waals surface area contributed by atoms with Gasteiger partial charge in [0.15, 0.2) is 0 Å². The van der Waals surface area contributed by atoms with Gasteiger partial charge in [0.25, 0.3) is 11.8 Å². The van der Waals surface area contributed by atoms with E-state index in [1.807, 2.05) is 0 Å². The minimum absolute atomic E-state index is 0.0240. The van der Waals surface area contributed by atoms with Gasteiger partial charge in [0.1, 0.15) is 6.54 Å². The highest BCUT2D eigenvalue weighted by atomic mass is 19.4. The molecular formula is C23H22F3N5O3. The van der Waals surface area contributed by atoms with Crippen LogP contribution in [0.25, 0.3) is 0 Å². The van der Waals surface area contributed by atoms with E-state index in [0.29, 0.717) is 17.8 Å². The number of carbonyl (C=O) groups excluding carboxylic acids is 3. The summed E-state index contributed by atoms with van der Waals surface area (Å²) in [5.41, 5.74) is 1.55. The Kier molecular flexibility index (Phi) is 7.67. The molecule has 2 aromatic carbocycles. The number of alkyl halides is 3. The zero-order chi connectivity index (χ0) is 24.7. The van der Waals surface area contributed by atoms with Crippen LogP contribution in [-0.2, 0) is 11.3 Å². The van der Waals surface area contributed by atoms with Gasteiger partial charge in [0.05, 0.1) is 6.33 Å². The molecule has 3 rings (SSSR count). The molecule has 3 amide bonds. The van der Waals surface area contributed by atoms with Gasteiger partial charge < -0.3 is 20.5 Å². The summed E-state index contributed by atoms with van der Waals surface area (Å²) in [6.07, 6.45) is 0.656. The summed E-state index contributed by atoms with van der Waals surface area (Å²) in [4.78, 5) is 40.9. The van der Waals surface area contributed by atoms with Crippen molar-refractivity contribution < 1.29 is 27.6 Å². The summed E-state index contributed by atoms with van der Waals surface area (Å²) < 4.78 is 38.8. The second-order valence-electron chi connectivity index (χ2n) is 7.46. The molecule has 178 valence electrons. The molecule has 0 atom stereocenters. The van der Waals surface area contributed by atoms with Crippen molar-refractivity contribution in [2.75, 3.05) is 17.2 Å². The van der Waals surface area contributed by atoms with Crippen LogP contribution in [-0.4, -0.2) is 40.0 Å². The molecule has 0 spiro atoms. The Morgan fingerprint density at radius 1 is 1.00 bits per heavy atom. The van der Waals surface area contributed by atoms with Crippen molar-refractivity contribution in [3.63, 3.8) is 0 Å². The molecule has 0 aliphatic rings. The number of rotatable bonds is 8. The summed E-state index contributed by atoms with van der Waals surface area (Å²) in [6, 6.07) is 10.5. The maximum atomic E-state index is 12.7. The minimum Gasteiger partial charge on any atom is -0.343 e. The predicted octanol–water partition coefficient (Wildman–Crippen LogP) is 3.76. The van der Waals surface area contributed by atoms with Crippen LogP contribution in [0, 0.1) is 6.92 Å². The van der Waals surface area contributed by atoms with E-state index in [0.717, 1.165) is 0 Å². The molecular weight excluding hydrogens is 451 g/mol. The number of aromatic nitrogens is 2. The van der Waals surface area contributed by atoms with Gasteiger partial charge in [-0.3, -0.25) is 14.4 Å². The molecule has 34 heavy (non-hydrogen) atoms. The van der Waals surface area contributed by atoms with Gasteiger partial charge in [-0.25, -0.2) is 4.98 Å². The lowest BCUT2D eigenvalue weighted by Crippen LogP contribution is -2.33. The molecule has 0 saturated heterocycles. The molecule has 8 nitrogen and oxygen atoms in total. The molecule has 0 radical (unpaired) electrons. The molecule has 3 aromatic rings. The standard InChI is InChI=1S/C23H22F3N5O3/c1-15-5-6-17(21(33)28-13-23(24,25)26)12-19(15)30-22(34)16-3-2-4-18(11-16)29-20(32)7-9-31-10-8-27-14-31/h2-6,8,10-12,14H,7,9,13H2,1H3,(H,28,33)(H,29,32)(H,30,34). The largest absolute Gasteiger partial charge is 0.405 e. The topological polar surface area (TPSA) is 105 Å². The maximum Gasteiger partial charge on any atom is 0.405 e. The van der Waals surface area contributed by atoms with Gasteiger partial charge in [0.2, 0.25) is 5.91 Å². The molecule has 1 heterocycles. The number of benzene rings is 2. The fourth-order valence-electron chi connectivity index (χ4n) is 2.99. The Morgan fingerprint density at radius 3 is 2.47 bits per heavy atom. The predicted molar refractivity (Wildman–Crippen MR) is 119 cm³/mol. The zero-order valence-corrected chi connectivity index (χ0v) is 18.1. The van der Waals surface area contributed by atoms with E-state index in [-0.39, 0.29) is 29.1 Å². The van der Waals surface area contributed by atoms with Crippen LogP contribution in [0.15, 0.2) is 61.2 Å². The van der Waals surface area contributed by atoms with Crippen LogP contribution in [0.2, 0.25) is 0 Å². The van der Waals surface area contributed by atoms with Crippen molar-refractivity contribution in [3.05, 3.63) is 77.9 Å². The number of amides is 3. The SMILES string of the molecule is Cc1ccc(C(=O)NCC(F)(F)F)cc1NC(=O)c1cccc(NC(=O)CCn2ccnc2)c1. The first-order chi connectivity index (χ1) is 16.1. The number of halogens is 3. The Hall–Kier alpha value is -4.15. The summed E-state index contributed by atoms with van der Waals surface area (Å²) in [5.74, 6) is -1.65. The number of nitrogens with zero attached hydrogens (tertiary/aromatic N) is 2. The van der Waals surface area contributed by atoms with Crippen molar-refractivity contribution in [1.82, 2.24) is 14.9 Å². The van der Waals surface area contributed by atoms with Crippen molar-refractivity contribution in [1.29, 1.82) is 0 Å². The van der Waals surface area contributed by atoms with Crippen LogP contribution < -0.4 is 16.0 Å². The average Bonchev–Trinajstić information content (AvgIpc) is 3.31. The van der Waals surface area contributed by atoms with E-state index in [2.05, 4.69) is 15.6 Å². The smallest absolute Gasteiger partial charge is 0.343 e. The summed E-state index contributed by atoms with van der Waals surface area (Å²) in [5, 5.41) is 7.18. The van der Waals surface area contributed by atoms with Crippen LogP contribution in [0.4, 0.5) is 24.5 Å². The number of nitrogens with one attached hydrogen (secondary N) is 3. The third kappa shape index (κ3) is 7.19. The minimum atomic E-state index is -4.53. The molecule has 11 heteroatoms. The first kappa shape index (κ1) is 24.5. The van der Waals surface area contributed by atoms with E-state index in [1.165, 1.54) is 24.3 Å². The highest BCUT2D eigenvalue weighted by Crippen LogP contribution is 2.20. The average molecular weight is 473 g/mol. The fraction of sp³-hybridized carbons (Fsp3) is 0.217. The third-order valence-corrected chi connectivity index (χ3v) is 4.76. The number of hydrogen-bond donors (Lipinski definition) is 3. The quantitative estimate of drug-likeness (QED) is 0.463. The molecule has 0 unspecified atom stereocenters. The van der Waals surface area contributed by atoms with Gasteiger partial charge in [-0.05, 0) is 42.8 Å². The maximum absolute atomic E-state index is 12.7. The number of hydrogen-bond acceptors (Lipinski definition) is 4. The zero-order valence-electron chi connectivity index (χ0n) is 18.1. The molecule has 3 N–H and O–H groups in total. The molecule has 0 aliphatic heterocycles. The van der Waals surface area contributed by atoms with Gasteiger partial charge >= 0.3 is 6.18 Å². The molecule has 1 aromatic heterocycles. The van der Waals surface area contributed by atoms with Crippen LogP contribution in [0.3, 0.4) is 0 Å². The van der Waals surface area contributed by atoms with Crippen molar-refractivity contribution in [2.24, 2.45) is 0 Å². The summed E-state index contributed by atoms with van der Waals surface area (Å²) in [7, 11) is 0. The Labute approximate surface area is 193 Å². The first-order valence-electron chi connectivity index (χ1n) is 10.2. The Balaban J connectivity index is 1.64. The second-order valence-corrected chi connectivity index (χ2v) is 7.46. The highest BCUT2D eigenvalue weighted by Gasteiger charge is 2.28. The van der Waals surface area contributed by atoms with Gasteiger partial charge in [-0.2, -0.15) is 13.2 Å². The van der Waals surface area contributed by atoms with Crippen molar-refractivity contribution >= 4 is 29.1 Å². The summed E-state index contributed by atoms with van der Waals surface area (Å²) in [6.45, 7) is 0.685. The number of carbonyl (C=O) groups is 3. The molecule has 0 fully saturated rings. The Bertz CT molecular complexity index is 1180. The van der Waals surface area contributed by atoms with Gasteiger partial charge in [-0.1, -0.05) is 12.1 Å². The number of aryl methyl sites for hydroxylation is 2. The molecule has 0 saturated carbocycles. The van der Waals surface area contributed by atoms with Crippen LogP contribution >= 0.6 is 0 Å². The van der Waals surface area contributed by atoms with Crippen LogP contribution in [0.1, 0.15) is 32.7 Å². The van der Waals surface area contributed by atoms with E-state index in [4.69, 9.17) is 0 Å². The van der Waals surface area contributed by atoms with Crippen molar-refractivity contribution in [2.45, 2.75) is 26.1 Å². The third-order valence-electron chi connectivity index (χ3n) is 4.76. The fourth-order valence-corrected chi connectivity index (χ4v) is 2.99. The first-order valence-corrected chi connectivity index (χ1v) is 10.2. The lowest BCUT2D eigenvalue weighted by molar-refractivity contribution is -0.123. The normalized spacial score (nSPS) is 11.1. The molecule has 0 aliphatic carbocycles. The lowest BCUT2D eigenvalue weighted by atomic mass is 10.1. The second kappa shape index (κ2) is 10.6. The Morgan fingerprint density at radius 2 is 1.76 bits per heavy atom.